The van der Waals surface area contributed by atoms with Crippen LogP contribution in [0.15, 0.2) is 60.9 Å². The smallest absolute Gasteiger partial charge is 0.411 e. The second-order valence-corrected chi connectivity index (χ2v) is 8.64. The largest absolute Gasteiger partial charge is 0.453 e. The van der Waals surface area contributed by atoms with Gasteiger partial charge in [0.1, 0.15) is 5.75 Å². The van der Waals surface area contributed by atoms with Gasteiger partial charge in [0.05, 0.1) is 24.1 Å². The number of ether oxygens (including phenoxy) is 2. The van der Waals surface area contributed by atoms with Gasteiger partial charge >= 0.3 is 6.09 Å². The highest BCUT2D eigenvalue weighted by Crippen LogP contribution is 2.38. The van der Waals surface area contributed by atoms with Crippen LogP contribution in [-0.2, 0) is 4.74 Å². The summed E-state index contributed by atoms with van der Waals surface area (Å²) in [5, 5.41) is 11.3. The number of piperidine rings is 1. The zero-order valence-electron chi connectivity index (χ0n) is 20.2. The number of amides is 1. The van der Waals surface area contributed by atoms with Gasteiger partial charge in [-0.05, 0) is 56.1 Å². The lowest BCUT2D eigenvalue weighted by atomic mass is 10.0. The van der Waals surface area contributed by atoms with Crippen molar-refractivity contribution >= 4 is 28.5 Å². The monoisotopic (exact) mass is 484 g/mol. The summed E-state index contributed by atoms with van der Waals surface area (Å²) in [5.74, 6) is 1.67. The number of carbonyl (C=O) groups excluding carboxylic acids is 1. The van der Waals surface area contributed by atoms with Gasteiger partial charge in [0.2, 0.25) is 11.8 Å². The minimum absolute atomic E-state index is 0.296. The molecule has 5 rings (SSSR count). The number of fused-ring (bicyclic) bond motifs is 1. The molecule has 3 N–H and O–H groups in total. The molecular weight excluding hydrogens is 456 g/mol. The molecule has 0 unspecified atom stereocenters. The van der Waals surface area contributed by atoms with Gasteiger partial charge in [0.15, 0.2) is 0 Å². The maximum absolute atomic E-state index is 11.8. The van der Waals surface area contributed by atoms with E-state index in [9.17, 15) is 4.79 Å². The predicted octanol–water partition coefficient (Wildman–Crippen LogP) is 5.13. The Balaban J connectivity index is 1.49. The van der Waals surface area contributed by atoms with Crippen LogP contribution in [0.4, 0.5) is 16.4 Å². The van der Waals surface area contributed by atoms with E-state index in [2.05, 4.69) is 25.9 Å². The van der Waals surface area contributed by atoms with E-state index in [-0.39, 0.29) is 0 Å². The highest BCUT2D eigenvalue weighted by Gasteiger charge is 2.17. The molecule has 36 heavy (non-hydrogen) atoms. The lowest BCUT2D eigenvalue weighted by Crippen LogP contribution is -2.38. The van der Waals surface area contributed by atoms with E-state index in [4.69, 9.17) is 14.5 Å². The molecule has 0 aliphatic carbocycles. The van der Waals surface area contributed by atoms with Gasteiger partial charge in [0.25, 0.3) is 0 Å². The fourth-order valence-electron chi connectivity index (χ4n) is 4.34. The normalized spacial score (nSPS) is 15.3. The van der Waals surface area contributed by atoms with E-state index in [1.807, 2.05) is 55.5 Å². The number of nitrogens with one attached hydrogen (secondary N) is 3. The Hall–Kier alpha value is -4.24. The van der Waals surface area contributed by atoms with Crippen molar-refractivity contribution in [2.75, 3.05) is 30.8 Å². The van der Waals surface area contributed by atoms with Crippen molar-refractivity contribution in [3.8, 4) is 22.9 Å². The van der Waals surface area contributed by atoms with Crippen molar-refractivity contribution in [3.05, 3.63) is 66.5 Å². The quantitative estimate of drug-likeness (QED) is 0.345. The van der Waals surface area contributed by atoms with E-state index in [0.29, 0.717) is 35.0 Å². The summed E-state index contributed by atoms with van der Waals surface area (Å²) in [6.45, 7) is 3.91. The maximum Gasteiger partial charge on any atom is 0.411 e. The molecule has 0 bridgehead atoms. The molecule has 0 saturated carbocycles. The summed E-state index contributed by atoms with van der Waals surface area (Å²) in [6.07, 6.45) is 5.10. The number of aryl methyl sites for hydroxylation is 1. The number of pyridine rings is 1. The molecule has 1 saturated heterocycles. The molecule has 2 aromatic carbocycles. The summed E-state index contributed by atoms with van der Waals surface area (Å²) >= 11 is 0. The summed E-state index contributed by atoms with van der Waals surface area (Å²) < 4.78 is 11.2. The van der Waals surface area contributed by atoms with Gasteiger partial charge in [-0.2, -0.15) is 0 Å². The molecule has 1 fully saturated rings. The fourth-order valence-corrected chi connectivity index (χ4v) is 4.34. The van der Waals surface area contributed by atoms with Gasteiger partial charge < -0.3 is 20.1 Å². The number of hydrogen-bond donors (Lipinski definition) is 3. The lowest BCUT2D eigenvalue weighted by molar-refractivity contribution is 0.187. The van der Waals surface area contributed by atoms with Crippen molar-refractivity contribution in [1.29, 1.82) is 0 Å². The number of aromatic nitrogens is 3. The second kappa shape index (κ2) is 10.6. The lowest BCUT2D eigenvalue weighted by Gasteiger charge is -2.23. The minimum Gasteiger partial charge on any atom is -0.453 e. The summed E-state index contributed by atoms with van der Waals surface area (Å²) in [7, 11) is 1.34. The van der Waals surface area contributed by atoms with Crippen LogP contribution in [0.1, 0.15) is 18.4 Å². The summed E-state index contributed by atoms with van der Waals surface area (Å²) in [6, 6.07) is 15.5. The summed E-state index contributed by atoms with van der Waals surface area (Å²) in [5.41, 5.74) is 3.04. The molecule has 184 valence electrons. The van der Waals surface area contributed by atoms with Gasteiger partial charge in [-0.15, -0.1) is 0 Å². The molecule has 9 heteroatoms. The zero-order valence-corrected chi connectivity index (χ0v) is 20.2. The molecule has 3 heterocycles. The Kier molecular flexibility index (Phi) is 6.90. The number of anilines is 2. The molecule has 1 atom stereocenters. The van der Waals surface area contributed by atoms with Crippen LogP contribution in [-0.4, -0.2) is 47.3 Å². The standard InChI is InChI=1S/C27H28N6O3/c1-17-10-11-19-20(7-3-9-22(19)33-27(34)35-2)24(17)36-25-21(8-5-14-29-25)23-12-15-30-26(32-23)31-18-6-4-13-28-16-18/h3,5,7-12,14-15,18,28H,4,6,13,16H2,1-2H3,(H,33,34)(H,30,31,32)/t18-/m0/s1. The third-order valence-electron chi connectivity index (χ3n) is 6.16. The number of benzene rings is 2. The van der Waals surface area contributed by atoms with Gasteiger partial charge in [-0.1, -0.05) is 24.3 Å². The highest BCUT2D eigenvalue weighted by atomic mass is 16.5. The van der Waals surface area contributed by atoms with E-state index in [1.165, 1.54) is 7.11 Å². The molecule has 0 spiro atoms. The third-order valence-corrected chi connectivity index (χ3v) is 6.16. The Morgan fingerprint density at radius 2 is 1.97 bits per heavy atom. The molecule has 2 aromatic heterocycles. The average molecular weight is 485 g/mol. The molecule has 1 amide bonds. The maximum atomic E-state index is 11.8. The van der Waals surface area contributed by atoms with Crippen molar-refractivity contribution in [1.82, 2.24) is 20.3 Å². The zero-order chi connectivity index (χ0) is 24.9. The average Bonchev–Trinajstić information content (AvgIpc) is 2.91. The van der Waals surface area contributed by atoms with Crippen LogP contribution >= 0.6 is 0 Å². The van der Waals surface area contributed by atoms with Gasteiger partial charge in [0, 0.05) is 35.8 Å². The van der Waals surface area contributed by atoms with Crippen molar-refractivity contribution in [2.45, 2.75) is 25.8 Å². The van der Waals surface area contributed by atoms with E-state index >= 15 is 0 Å². The minimum atomic E-state index is -0.533. The Morgan fingerprint density at radius 3 is 2.81 bits per heavy atom. The van der Waals surface area contributed by atoms with Crippen LogP contribution < -0.4 is 20.7 Å². The first-order valence-electron chi connectivity index (χ1n) is 11.9. The van der Waals surface area contributed by atoms with Crippen LogP contribution in [0.25, 0.3) is 22.0 Å². The molecule has 0 radical (unpaired) electrons. The van der Waals surface area contributed by atoms with Gasteiger partial charge in [-0.25, -0.2) is 19.7 Å². The van der Waals surface area contributed by atoms with Crippen LogP contribution in [0.2, 0.25) is 0 Å². The van der Waals surface area contributed by atoms with Crippen LogP contribution in [0.3, 0.4) is 0 Å². The predicted molar refractivity (Wildman–Crippen MR) is 140 cm³/mol. The third kappa shape index (κ3) is 5.06. The van der Waals surface area contributed by atoms with E-state index in [0.717, 1.165) is 47.8 Å². The van der Waals surface area contributed by atoms with Crippen LogP contribution in [0, 0.1) is 6.92 Å². The molecular formula is C27H28N6O3. The summed E-state index contributed by atoms with van der Waals surface area (Å²) in [4.78, 5) is 25.5. The van der Waals surface area contributed by atoms with Crippen LogP contribution in [0.5, 0.6) is 11.6 Å². The molecule has 4 aromatic rings. The Labute approximate surface area is 209 Å². The van der Waals surface area contributed by atoms with E-state index < -0.39 is 6.09 Å². The Bertz CT molecular complexity index is 1390. The number of methoxy groups -OCH3 is 1. The number of rotatable bonds is 6. The van der Waals surface area contributed by atoms with E-state index in [1.54, 1.807) is 12.4 Å². The van der Waals surface area contributed by atoms with Gasteiger partial charge in [-0.3, -0.25) is 5.32 Å². The molecule has 1 aliphatic rings. The Morgan fingerprint density at radius 1 is 1.06 bits per heavy atom. The first kappa shape index (κ1) is 23.5. The van der Waals surface area contributed by atoms with Crippen molar-refractivity contribution < 1.29 is 14.3 Å². The number of hydrogen-bond acceptors (Lipinski definition) is 8. The van der Waals surface area contributed by atoms with Crippen molar-refractivity contribution in [3.63, 3.8) is 0 Å². The first-order valence-corrected chi connectivity index (χ1v) is 11.9. The second-order valence-electron chi connectivity index (χ2n) is 8.64. The van der Waals surface area contributed by atoms with Crippen molar-refractivity contribution in [2.24, 2.45) is 0 Å². The fraction of sp³-hybridized carbons (Fsp3) is 0.259. The number of nitrogens with zero attached hydrogens (tertiary/aromatic N) is 3. The first-order chi connectivity index (χ1) is 17.6. The molecule has 1 aliphatic heterocycles. The number of carbonyl (C=O) groups is 1. The SMILES string of the molecule is COC(=O)Nc1cccc2c(Oc3ncccc3-c3ccnc(N[C@H]4CCCNC4)n3)c(C)ccc12. The molecule has 9 nitrogen and oxygen atoms in total. The topological polar surface area (TPSA) is 110 Å². The highest BCUT2D eigenvalue weighted by molar-refractivity contribution is 6.03.